The van der Waals surface area contributed by atoms with E-state index in [9.17, 15) is 4.79 Å². The first-order valence-corrected chi connectivity index (χ1v) is 5.40. The van der Waals surface area contributed by atoms with Crippen LogP contribution in [0.25, 0.3) is 9.78 Å². The number of hydrogen-bond acceptors (Lipinski definition) is 1. The second-order valence-corrected chi connectivity index (χ2v) is 4.57. The third kappa shape index (κ3) is 1.08. The summed E-state index contributed by atoms with van der Waals surface area (Å²) >= 11 is 5.99. The fourth-order valence-corrected chi connectivity index (χ4v) is 3.21. The Balaban J connectivity index is 2.70. The third-order valence-electron chi connectivity index (χ3n) is 1.55. The van der Waals surface area contributed by atoms with Crippen LogP contribution < -0.4 is 0 Å². The van der Waals surface area contributed by atoms with E-state index in [1.54, 1.807) is 6.07 Å². The molecule has 0 unspecified atom stereocenters. The molecule has 0 aromatic carbocycles. The molecule has 0 fully saturated rings. The maximum absolute atomic E-state index is 10.5. The van der Waals surface area contributed by atoms with Gasteiger partial charge in [-0.3, -0.25) is 0 Å². The standard InChI is InChI=1S/C7H4ClNO2Se/c8-4-2-12-6-3(4)1-5(9-6)7(10)11/h1-2,9H,(H,10,11). The van der Waals surface area contributed by atoms with Gasteiger partial charge in [0.05, 0.1) is 0 Å². The van der Waals surface area contributed by atoms with Crippen molar-refractivity contribution >= 4 is 41.9 Å². The van der Waals surface area contributed by atoms with Gasteiger partial charge in [-0.25, -0.2) is 0 Å². The average Bonchev–Trinajstić information content (AvgIpc) is 2.53. The van der Waals surface area contributed by atoms with E-state index in [-0.39, 0.29) is 20.2 Å². The van der Waals surface area contributed by atoms with Crippen molar-refractivity contribution in [2.75, 3.05) is 0 Å². The van der Waals surface area contributed by atoms with Crippen molar-refractivity contribution in [3.8, 4) is 0 Å². The number of nitrogens with one attached hydrogen (secondary N) is 1. The second-order valence-electron chi connectivity index (χ2n) is 2.31. The van der Waals surface area contributed by atoms with Crippen LogP contribution in [0.5, 0.6) is 0 Å². The van der Waals surface area contributed by atoms with Gasteiger partial charge in [0.2, 0.25) is 0 Å². The second kappa shape index (κ2) is 2.66. The Hall–Kier alpha value is -0.701. The normalized spacial score (nSPS) is 10.8. The molecule has 0 radical (unpaired) electrons. The minimum atomic E-state index is -0.940. The number of aromatic carboxylic acids is 1. The Bertz CT molecular complexity index is 445. The van der Waals surface area contributed by atoms with Crippen LogP contribution in [0.3, 0.4) is 0 Å². The van der Waals surface area contributed by atoms with Crippen LogP contribution in [-0.2, 0) is 0 Å². The summed E-state index contributed by atoms with van der Waals surface area (Å²) < 4.78 is 0.949. The number of aromatic nitrogens is 1. The van der Waals surface area contributed by atoms with Crippen molar-refractivity contribution in [3.63, 3.8) is 0 Å². The summed E-state index contributed by atoms with van der Waals surface area (Å²) in [7, 11) is 0. The molecule has 2 N–H and O–H groups in total. The van der Waals surface area contributed by atoms with E-state index in [0.29, 0.717) is 5.02 Å². The molecule has 62 valence electrons. The molecular formula is C7H4ClNO2Se. The number of carbonyl (C=O) groups is 1. The van der Waals surface area contributed by atoms with Crippen molar-refractivity contribution < 1.29 is 9.90 Å². The topological polar surface area (TPSA) is 53.1 Å². The van der Waals surface area contributed by atoms with E-state index in [1.165, 1.54) is 0 Å². The Morgan fingerprint density at radius 1 is 1.67 bits per heavy atom. The predicted octanol–water partition coefficient (Wildman–Crippen LogP) is 1.58. The summed E-state index contributed by atoms with van der Waals surface area (Å²) in [4.78, 5) is 15.3. The number of carboxylic acids is 1. The van der Waals surface area contributed by atoms with Gasteiger partial charge in [-0.05, 0) is 0 Å². The minimum absolute atomic E-state index is 0.167. The van der Waals surface area contributed by atoms with E-state index in [1.807, 2.05) is 4.94 Å². The van der Waals surface area contributed by atoms with Crippen molar-refractivity contribution in [1.29, 1.82) is 0 Å². The molecule has 0 saturated heterocycles. The van der Waals surface area contributed by atoms with Crippen LogP contribution in [0.1, 0.15) is 10.5 Å². The number of hydrogen-bond donors (Lipinski definition) is 2. The predicted molar refractivity (Wildman–Crippen MR) is 47.2 cm³/mol. The molecule has 0 aliphatic carbocycles. The quantitative estimate of drug-likeness (QED) is 0.753. The summed E-state index contributed by atoms with van der Waals surface area (Å²) in [6.45, 7) is 0. The molecule has 0 aliphatic rings. The summed E-state index contributed by atoms with van der Waals surface area (Å²) in [5.41, 5.74) is 0.216. The third-order valence-corrected chi connectivity index (χ3v) is 4.07. The fraction of sp³-hybridized carbons (Fsp3) is 0. The fourth-order valence-electron chi connectivity index (χ4n) is 0.995. The van der Waals surface area contributed by atoms with Crippen molar-refractivity contribution in [2.45, 2.75) is 0 Å². The zero-order chi connectivity index (χ0) is 8.72. The molecule has 5 heteroatoms. The molecule has 0 bridgehead atoms. The summed E-state index contributed by atoms with van der Waals surface area (Å²) in [6.07, 6.45) is 0. The molecular weight excluding hydrogens is 244 g/mol. The molecule has 0 saturated carbocycles. The summed E-state index contributed by atoms with van der Waals surface area (Å²) in [6, 6.07) is 1.57. The molecule has 0 amide bonds. The van der Waals surface area contributed by atoms with Crippen molar-refractivity contribution in [1.82, 2.24) is 4.98 Å². The van der Waals surface area contributed by atoms with Crippen molar-refractivity contribution in [3.05, 3.63) is 21.7 Å². The molecule has 2 heterocycles. The van der Waals surface area contributed by atoms with Gasteiger partial charge in [-0.2, -0.15) is 0 Å². The summed E-state index contributed by atoms with van der Waals surface area (Å²) in [5.74, 6) is -0.940. The average molecular weight is 249 g/mol. The van der Waals surface area contributed by atoms with Crippen LogP contribution in [0, 0.1) is 0 Å². The van der Waals surface area contributed by atoms with Crippen molar-refractivity contribution in [2.24, 2.45) is 0 Å². The van der Waals surface area contributed by atoms with Crippen LogP contribution in [0.15, 0.2) is 11.0 Å². The Labute approximate surface area is 78.7 Å². The monoisotopic (exact) mass is 249 g/mol. The molecule has 2 aromatic rings. The molecule has 3 nitrogen and oxygen atoms in total. The van der Waals surface area contributed by atoms with E-state index < -0.39 is 5.97 Å². The van der Waals surface area contributed by atoms with Gasteiger partial charge in [0, 0.05) is 0 Å². The molecule has 0 atom stereocenters. The zero-order valence-electron chi connectivity index (χ0n) is 5.80. The number of H-pyrrole nitrogens is 1. The number of halogens is 1. The van der Waals surface area contributed by atoms with E-state index >= 15 is 0 Å². The number of aromatic amines is 1. The van der Waals surface area contributed by atoms with Crippen LogP contribution in [0.2, 0.25) is 5.02 Å². The Morgan fingerprint density at radius 2 is 2.42 bits per heavy atom. The molecule has 2 aromatic heterocycles. The van der Waals surface area contributed by atoms with Gasteiger partial charge in [0.1, 0.15) is 0 Å². The number of carboxylic acid groups (broad SMARTS) is 1. The Morgan fingerprint density at radius 3 is 3.00 bits per heavy atom. The summed E-state index contributed by atoms with van der Waals surface area (Å²) in [5, 5.41) is 10.1. The first-order chi connectivity index (χ1) is 5.68. The molecule has 2 rings (SSSR count). The van der Waals surface area contributed by atoms with Gasteiger partial charge in [-0.15, -0.1) is 0 Å². The first-order valence-electron chi connectivity index (χ1n) is 3.17. The zero-order valence-corrected chi connectivity index (χ0v) is 8.27. The van der Waals surface area contributed by atoms with Crippen LogP contribution >= 0.6 is 11.6 Å². The van der Waals surface area contributed by atoms with Gasteiger partial charge in [0.15, 0.2) is 0 Å². The Kier molecular flexibility index (Phi) is 1.76. The van der Waals surface area contributed by atoms with Gasteiger partial charge >= 0.3 is 78.5 Å². The van der Waals surface area contributed by atoms with Crippen LogP contribution in [-0.4, -0.2) is 30.6 Å². The van der Waals surface area contributed by atoms with Gasteiger partial charge in [-0.1, -0.05) is 0 Å². The van der Waals surface area contributed by atoms with E-state index in [4.69, 9.17) is 16.7 Å². The van der Waals surface area contributed by atoms with Gasteiger partial charge in [0.25, 0.3) is 0 Å². The van der Waals surface area contributed by atoms with Gasteiger partial charge < -0.3 is 0 Å². The molecule has 0 spiro atoms. The van der Waals surface area contributed by atoms with E-state index in [0.717, 1.165) is 9.78 Å². The number of fused-ring (bicyclic) bond motifs is 1. The maximum atomic E-state index is 10.5. The molecule has 0 aliphatic heterocycles. The number of rotatable bonds is 1. The molecule has 12 heavy (non-hydrogen) atoms. The SMILES string of the molecule is O=C(O)c1cc2c(Cl)c[se]c2[nH]1. The van der Waals surface area contributed by atoms with Crippen LogP contribution in [0.4, 0.5) is 0 Å². The first kappa shape index (κ1) is 7.92. The van der Waals surface area contributed by atoms with E-state index in [2.05, 4.69) is 4.98 Å².